The van der Waals surface area contributed by atoms with Crippen LogP contribution in [0.4, 0.5) is 5.82 Å². The molecule has 1 aromatic heterocycles. The minimum atomic E-state index is -3.92. The first kappa shape index (κ1) is 16.3. The largest absolute Gasteiger partial charge is 0.493 e. The van der Waals surface area contributed by atoms with Gasteiger partial charge in [-0.1, -0.05) is 11.6 Å². The van der Waals surface area contributed by atoms with Crippen molar-refractivity contribution in [3.05, 3.63) is 35.7 Å². The second kappa shape index (κ2) is 6.37. The van der Waals surface area contributed by atoms with E-state index in [0.29, 0.717) is 5.75 Å². The number of hydrogen-bond acceptors (Lipinski definition) is 6. The number of methoxy groups -OCH3 is 2. The molecule has 0 fully saturated rings. The summed E-state index contributed by atoms with van der Waals surface area (Å²) in [7, 11) is 0.300. The van der Waals surface area contributed by atoms with Gasteiger partial charge in [-0.15, -0.1) is 0 Å². The third-order valence-electron chi connectivity index (χ3n) is 2.95. The summed E-state index contributed by atoms with van der Waals surface area (Å²) in [5.41, 5.74) is 0. The maximum Gasteiger partial charge on any atom is 0.266 e. The number of aromatic nitrogens is 2. The van der Waals surface area contributed by atoms with Gasteiger partial charge >= 0.3 is 0 Å². The molecule has 7 nitrogen and oxygen atoms in total. The molecule has 0 atom stereocenters. The molecule has 0 amide bonds. The van der Waals surface area contributed by atoms with Crippen molar-refractivity contribution in [3.63, 3.8) is 0 Å². The topological polar surface area (TPSA) is 81.6 Å². The van der Waals surface area contributed by atoms with E-state index < -0.39 is 10.0 Å². The predicted molar refractivity (Wildman–Crippen MR) is 82.2 cm³/mol. The number of benzene rings is 1. The van der Waals surface area contributed by atoms with E-state index in [1.807, 2.05) is 0 Å². The van der Waals surface area contributed by atoms with Crippen molar-refractivity contribution in [2.75, 3.05) is 25.6 Å². The second-order valence-corrected chi connectivity index (χ2v) is 6.52. The van der Waals surface area contributed by atoms with E-state index in [1.165, 1.54) is 52.0 Å². The maximum absolute atomic E-state index is 12.7. The number of ether oxygens (including phenoxy) is 2. The van der Waals surface area contributed by atoms with Crippen LogP contribution in [0.1, 0.15) is 0 Å². The second-order valence-electron chi connectivity index (χ2n) is 4.17. The Balaban J connectivity index is 2.54. The summed E-state index contributed by atoms with van der Waals surface area (Å²) in [6.45, 7) is 0. The summed E-state index contributed by atoms with van der Waals surface area (Å²) in [5, 5.41) is 0.0217. The van der Waals surface area contributed by atoms with Crippen LogP contribution in [-0.2, 0) is 10.0 Å². The molecular weight excluding hydrogens is 330 g/mol. The number of nitrogens with zero attached hydrogens (tertiary/aromatic N) is 3. The highest BCUT2D eigenvalue weighted by Crippen LogP contribution is 2.36. The van der Waals surface area contributed by atoms with E-state index in [0.717, 1.165) is 4.31 Å². The Bertz CT molecular complexity index is 768. The zero-order valence-corrected chi connectivity index (χ0v) is 13.7. The van der Waals surface area contributed by atoms with E-state index in [9.17, 15) is 8.42 Å². The summed E-state index contributed by atoms with van der Waals surface area (Å²) >= 11 is 6.08. The standard InChI is InChI=1S/C13H14ClN3O4S/c1-17(13-8-15-4-5-16-13)22(18,19)12-7-11(21-3)10(20-2)6-9(12)14/h4-8H,1-3H3. The third kappa shape index (κ3) is 2.93. The molecule has 2 aromatic rings. The number of rotatable bonds is 5. The highest BCUT2D eigenvalue weighted by Gasteiger charge is 2.27. The highest BCUT2D eigenvalue weighted by molar-refractivity contribution is 7.92. The zero-order valence-electron chi connectivity index (χ0n) is 12.1. The van der Waals surface area contributed by atoms with Gasteiger partial charge in [-0.3, -0.25) is 9.29 Å². The molecule has 9 heteroatoms. The Labute approximate surface area is 133 Å². The molecule has 118 valence electrons. The Kier molecular flexibility index (Phi) is 4.72. The number of hydrogen-bond donors (Lipinski definition) is 0. The minimum absolute atomic E-state index is 0.0217. The van der Waals surface area contributed by atoms with Crippen molar-refractivity contribution < 1.29 is 17.9 Å². The summed E-state index contributed by atoms with van der Waals surface area (Å²) in [6, 6.07) is 2.70. The van der Waals surface area contributed by atoms with Crippen molar-refractivity contribution in [3.8, 4) is 11.5 Å². The van der Waals surface area contributed by atoms with Gasteiger partial charge in [0.1, 0.15) is 4.90 Å². The molecule has 0 saturated carbocycles. The monoisotopic (exact) mass is 343 g/mol. The van der Waals surface area contributed by atoms with Crippen LogP contribution < -0.4 is 13.8 Å². The average Bonchev–Trinajstić information content (AvgIpc) is 2.54. The Morgan fingerprint density at radius 3 is 2.32 bits per heavy atom. The van der Waals surface area contributed by atoms with Gasteiger partial charge < -0.3 is 9.47 Å². The molecule has 0 aliphatic heterocycles. The van der Waals surface area contributed by atoms with E-state index >= 15 is 0 Å². The molecule has 0 aliphatic carbocycles. The molecule has 0 unspecified atom stereocenters. The smallest absolute Gasteiger partial charge is 0.266 e. The summed E-state index contributed by atoms with van der Waals surface area (Å²) in [4.78, 5) is 7.70. The molecule has 0 spiro atoms. The molecular formula is C13H14ClN3O4S. The maximum atomic E-state index is 12.7. The van der Waals surface area contributed by atoms with Gasteiger partial charge in [-0.2, -0.15) is 0 Å². The molecule has 22 heavy (non-hydrogen) atoms. The molecule has 0 aliphatic rings. The predicted octanol–water partition coefficient (Wildman–Crippen LogP) is 1.97. The lowest BCUT2D eigenvalue weighted by Gasteiger charge is -2.19. The van der Waals surface area contributed by atoms with E-state index in [1.54, 1.807) is 0 Å². The van der Waals surface area contributed by atoms with Crippen LogP contribution in [0.2, 0.25) is 5.02 Å². The van der Waals surface area contributed by atoms with Crippen molar-refractivity contribution in [1.29, 1.82) is 0 Å². The zero-order chi connectivity index (χ0) is 16.3. The quantitative estimate of drug-likeness (QED) is 0.825. The molecule has 1 aromatic carbocycles. The van der Waals surface area contributed by atoms with Crippen molar-refractivity contribution >= 4 is 27.4 Å². The number of anilines is 1. The minimum Gasteiger partial charge on any atom is -0.493 e. The Hall–Kier alpha value is -2.06. The van der Waals surface area contributed by atoms with E-state index in [-0.39, 0.29) is 21.5 Å². The van der Waals surface area contributed by atoms with Crippen LogP contribution in [0.5, 0.6) is 11.5 Å². The Morgan fingerprint density at radius 1 is 1.14 bits per heavy atom. The lowest BCUT2D eigenvalue weighted by molar-refractivity contribution is 0.354. The molecule has 1 heterocycles. The molecule has 0 bridgehead atoms. The normalized spacial score (nSPS) is 11.1. The van der Waals surface area contributed by atoms with Crippen LogP contribution in [0, 0.1) is 0 Å². The van der Waals surface area contributed by atoms with Crippen LogP contribution in [0.15, 0.2) is 35.6 Å². The fourth-order valence-electron chi connectivity index (χ4n) is 1.76. The SMILES string of the molecule is COc1cc(Cl)c(S(=O)(=O)N(C)c2cnccn2)cc1OC. The number of halogens is 1. The van der Waals surface area contributed by atoms with Gasteiger partial charge in [0.25, 0.3) is 10.0 Å². The van der Waals surface area contributed by atoms with E-state index in [2.05, 4.69) is 9.97 Å². The molecule has 0 radical (unpaired) electrons. The molecule has 0 N–H and O–H groups in total. The van der Waals surface area contributed by atoms with Crippen LogP contribution in [0.25, 0.3) is 0 Å². The average molecular weight is 344 g/mol. The Morgan fingerprint density at radius 2 is 1.77 bits per heavy atom. The first-order chi connectivity index (χ1) is 10.4. The van der Waals surface area contributed by atoms with Crippen LogP contribution in [0.3, 0.4) is 0 Å². The summed E-state index contributed by atoms with van der Waals surface area (Å²) in [6.07, 6.45) is 4.19. The fourth-order valence-corrected chi connectivity index (χ4v) is 3.40. The van der Waals surface area contributed by atoms with Gasteiger partial charge in [-0.25, -0.2) is 13.4 Å². The van der Waals surface area contributed by atoms with E-state index in [4.69, 9.17) is 21.1 Å². The first-order valence-corrected chi connectivity index (χ1v) is 7.90. The van der Waals surface area contributed by atoms with Crippen molar-refractivity contribution in [2.45, 2.75) is 4.90 Å². The molecule has 2 rings (SSSR count). The van der Waals surface area contributed by atoms with Crippen molar-refractivity contribution in [2.24, 2.45) is 0 Å². The number of sulfonamides is 1. The van der Waals surface area contributed by atoms with Gasteiger partial charge in [0.15, 0.2) is 17.3 Å². The fraction of sp³-hybridized carbons (Fsp3) is 0.231. The van der Waals surface area contributed by atoms with Gasteiger partial charge in [0.2, 0.25) is 0 Å². The third-order valence-corrected chi connectivity index (χ3v) is 5.18. The lowest BCUT2D eigenvalue weighted by Crippen LogP contribution is -2.27. The van der Waals surface area contributed by atoms with Gasteiger partial charge in [0.05, 0.1) is 25.4 Å². The van der Waals surface area contributed by atoms with Gasteiger partial charge in [0, 0.05) is 31.6 Å². The molecule has 0 saturated heterocycles. The summed E-state index contributed by atoms with van der Waals surface area (Å²) in [5.74, 6) is 0.778. The van der Waals surface area contributed by atoms with Gasteiger partial charge in [-0.05, 0) is 0 Å². The van der Waals surface area contributed by atoms with Crippen LogP contribution >= 0.6 is 11.6 Å². The lowest BCUT2D eigenvalue weighted by atomic mass is 10.3. The van der Waals surface area contributed by atoms with Crippen LogP contribution in [-0.4, -0.2) is 39.7 Å². The highest BCUT2D eigenvalue weighted by atomic mass is 35.5. The van der Waals surface area contributed by atoms with Crippen molar-refractivity contribution in [1.82, 2.24) is 9.97 Å². The first-order valence-electron chi connectivity index (χ1n) is 6.08. The summed E-state index contributed by atoms with van der Waals surface area (Å²) < 4.78 is 36.6.